The minimum atomic E-state index is 0.556. The van der Waals surface area contributed by atoms with E-state index >= 15 is 0 Å². The first-order chi connectivity index (χ1) is 9.31. The average molecular weight is 258 g/mol. The van der Waals surface area contributed by atoms with Gasteiger partial charge >= 0.3 is 0 Å². The molecule has 2 aliphatic rings. The minimum absolute atomic E-state index is 0.556. The maximum Gasteiger partial charge on any atom is 0.182 e. The average Bonchev–Trinajstić information content (AvgIpc) is 3.04. The summed E-state index contributed by atoms with van der Waals surface area (Å²) in [6.07, 6.45) is 8.32. The van der Waals surface area contributed by atoms with E-state index in [1.165, 1.54) is 25.7 Å². The first-order valence-corrected chi connectivity index (χ1v) is 6.94. The van der Waals surface area contributed by atoms with Crippen LogP contribution in [0, 0.1) is 0 Å². The van der Waals surface area contributed by atoms with Crippen molar-refractivity contribution in [1.82, 2.24) is 25.3 Å². The summed E-state index contributed by atoms with van der Waals surface area (Å²) in [6.45, 7) is 0. The topological polar surface area (TPSA) is 69.7 Å². The molecule has 0 spiro atoms. The predicted octanol–water partition coefficient (Wildman–Crippen LogP) is 1.07. The highest BCUT2D eigenvalue weighted by Crippen LogP contribution is 2.32. The van der Waals surface area contributed by atoms with Crippen LogP contribution in [-0.4, -0.2) is 45.1 Å². The summed E-state index contributed by atoms with van der Waals surface area (Å²) >= 11 is 0. The quantitative estimate of drug-likeness (QED) is 0.843. The summed E-state index contributed by atoms with van der Waals surface area (Å²) in [6, 6.07) is 1.93. The highest BCUT2D eigenvalue weighted by Gasteiger charge is 2.35. The molecule has 0 saturated carbocycles. The third kappa shape index (κ3) is 1.78. The third-order valence-corrected chi connectivity index (χ3v) is 4.53. The van der Waals surface area contributed by atoms with Crippen LogP contribution in [0.4, 0.5) is 5.82 Å². The van der Waals surface area contributed by atoms with Crippen molar-refractivity contribution in [2.24, 2.45) is 0 Å². The standard InChI is InChI=1S/C13H18N6/c1-19(10-4-8-2-3-9(5-10)18-8)13-11-12(15-6-14-11)16-7-17-13/h6-10,18H,2-5H2,1H3,(H,14,15,16,17). The fourth-order valence-corrected chi connectivity index (χ4v) is 3.54. The van der Waals surface area contributed by atoms with Gasteiger partial charge in [-0.1, -0.05) is 0 Å². The van der Waals surface area contributed by atoms with E-state index in [1.807, 2.05) is 0 Å². The van der Waals surface area contributed by atoms with Crippen LogP contribution >= 0.6 is 0 Å². The molecule has 19 heavy (non-hydrogen) atoms. The molecule has 4 rings (SSSR count). The van der Waals surface area contributed by atoms with Gasteiger partial charge in [0.2, 0.25) is 0 Å². The molecule has 0 aromatic carbocycles. The lowest BCUT2D eigenvalue weighted by atomic mass is 9.98. The Balaban J connectivity index is 1.66. The molecule has 0 radical (unpaired) electrons. The molecule has 0 aliphatic carbocycles. The Hall–Kier alpha value is -1.69. The Morgan fingerprint density at radius 3 is 2.74 bits per heavy atom. The fourth-order valence-electron chi connectivity index (χ4n) is 3.54. The van der Waals surface area contributed by atoms with Crippen molar-refractivity contribution >= 4 is 17.0 Å². The van der Waals surface area contributed by atoms with Gasteiger partial charge in [0.25, 0.3) is 0 Å². The van der Waals surface area contributed by atoms with Crippen LogP contribution in [0.15, 0.2) is 12.7 Å². The van der Waals surface area contributed by atoms with Crippen LogP contribution in [-0.2, 0) is 0 Å². The number of imidazole rings is 1. The summed E-state index contributed by atoms with van der Waals surface area (Å²) in [5.41, 5.74) is 1.68. The lowest BCUT2D eigenvalue weighted by molar-refractivity contribution is 0.354. The molecule has 2 aliphatic heterocycles. The lowest BCUT2D eigenvalue weighted by Gasteiger charge is -2.36. The zero-order valence-corrected chi connectivity index (χ0v) is 11.0. The Labute approximate surface area is 111 Å². The molecule has 2 aromatic heterocycles. The van der Waals surface area contributed by atoms with E-state index in [0.717, 1.165) is 17.0 Å². The van der Waals surface area contributed by atoms with Gasteiger partial charge in [0.1, 0.15) is 11.8 Å². The van der Waals surface area contributed by atoms with Crippen LogP contribution in [0.2, 0.25) is 0 Å². The summed E-state index contributed by atoms with van der Waals surface area (Å²) in [4.78, 5) is 18.3. The third-order valence-electron chi connectivity index (χ3n) is 4.53. The summed E-state index contributed by atoms with van der Waals surface area (Å²) < 4.78 is 0. The van der Waals surface area contributed by atoms with Gasteiger partial charge in [-0.05, 0) is 25.7 Å². The van der Waals surface area contributed by atoms with Crippen LogP contribution in [0.1, 0.15) is 25.7 Å². The summed E-state index contributed by atoms with van der Waals surface area (Å²) in [7, 11) is 2.14. The number of H-pyrrole nitrogens is 1. The summed E-state index contributed by atoms with van der Waals surface area (Å²) in [5.74, 6) is 0.966. The van der Waals surface area contributed by atoms with Crippen molar-refractivity contribution in [1.29, 1.82) is 0 Å². The molecule has 4 heterocycles. The van der Waals surface area contributed by atoms with E-state index in [-0.39, 0.29) is 0 Å². The predicted molar refractivity (Wildman–Crippen MR) is 73.1 cm³/mol. The van der Waals surface area contributed by atoms with E-state index < -0.39 is 0 Å². The maximum absolute atomic E-state index is 4.45. The van der Waals surface area contributed by atoms with Gasteiger partial charge in [-0.2, -0.15) is 0 Å². The Morgan fingerprint density at radius 1 is 1.16 bits per heavy atom. The second-order valence-corrected chi connectivity index (χ2v) is 5.67. The van der Waals surface area contributed by atoms with Crippen molar-refractivity contribution in [2.45, 2.75) is 43.8 Å². The molecule has 2 bridgehead atoms. The molecule has 6 nitrogen and oxygen atoms in total. The Bertz CT molecular complexity index is 582. The number of nitrogens with zero attached hydrogens (tertiary/aromatic N) is 4. The minimum Gasteiger partial charge on any atom is -0.355 e. The molecule has 2 unspecified atom stereocenters. The number of aromatic amines is 1. The number of nitrogens with one attached hydrogen (secondary N) is 2. The number of fused-ring (bicyclic) bond motifs is 3. The highest BCUT2D eigenvalue weighted by atomic mass is 15.2. The normalized spacial score (nSPS) is 29.8. The number of piperidine rings is 1. The SMILES string of the molecule is CN(c1ncnc2nc[nH]c12)C1CC2CCC(C1)N2. The molecule has 0 amide bonds. The van der Waals surface area contributed by atoms with Crippen molar-refractivity contribution in [3.63, 3.8) is 0 Å². The monoisotopic (exact) mass is 258 g/mol. The van der Waals surface area contributed by atoms with Crippen molar-refractivity contribution in [3.8, 4) is 0 Å². The second kappa shape index (κ2) is 4.16. The molecule has 2 fully saturated rings. The number of rotatable bonds is 2. The van der Waals surface area contributed by atoms with Crippen LogP contribution in [0.3, 0.4) is 0 Å². The van der Waals surface area contributed by atoms with Crippen molar-refractivity contribution < 1.29 is 0 Å². The van der Waals surface area contributed by atoms with Gasteiger partial charge in [-0.3, -0.25) is 0 Å². The number of aromatic nitrogens is 4. The fraction of sp³-hybridized carbons (Fsp3) is 0.615. The molecule has 100 valence electrons. The van der Waals surface area contributed by atoms with Gasteiger partial charge in [-0.25, -0.2) is 15.0 Å². The van der Waals surface area contributed by atoms with Crippen LogP contribution < -0.4 is 10.2 Å². The molecular formula is C13H18N6. The maximum atomic E-state index is 4.45. The Morgan fingerprint density at radius 2 is 1.95 bits per heavy atom. The van der Waals surface area contributed by atoms with E-state index in [4.69, 9.17) is 0 Å². The smallest absolute Gasteiger partial charge is 0.182 e. The largest absolute Gasteiger partial charge is 0.355 e. The second-order valence-electron chi connectivity index (χ2n) is 5.67. The van der Waals surface area contributed by atoms with Crippen LogP contribution in [0.25, 0.3) is 11.2 Å². The van der Waals surface area contributed by atoms with Gasteiger partial charge in [0, 0.05) is 25.2 Å². The molecule has 2 atom stereocenters. The van der Waals surface area contributed by atoms with E-state index in [1.54, 1.807) is 12.7 Å². The van der Waals surface area contributed by atoms with Gasteiger partial charge < -0.3 is 15.2 Å². The number of anilines is 1. The van der Waals surface area contributed by atoms with E-state index in [9.17, 15) is 0 Å². The van der Waals surface area contributed by atoms with E-state index in [0.29, 0.717) is 18.1 Å². The molecular weight excluding hydrogens is 240 g/mol. The van der Waals surface area contributed by atoms with Crippen molar-refractivity contribution in [2.75, 3.05) is 11.9 Å². The van der Waals surface area contributed by atoms with E-state index in [2.05, 4.69) is 37.2 Å². The highest BCUT2D eigenvalue weighted by molar-refractivity contribution is 5.82. The molecule has 2 N–H and O–H groups in total. The first-order valence-electron chi connectivity index (χ1n) is 6.94. The molecule has 2 saturated heterocycles. The first kappa shape index (κ1) is 11.2. The lowest BCUT2D eigenvalue weighted by Crippen LogP contribution is -2.47. The van der Waals surface area contributed by atoms with Crippen LogP contribution in [0.5, 0.6) is 0 Å². The molecule has 6 heteroatoms. The number of hydrogen-bond donors (Lipinski definition) is 2. The zero-order valence-electron chi connectivity index (χ0n) is 11.0. The Kier molecular flexibility index (Phi) is 2.44. The zero-order chi connectivity index (χ0) is 12.8. The van der Waals surface area contributed by atoms with Gasteiger partial charge in [0.05, 0.1) is 6.33 Å². The molecule has 2 aromatic rings. The summed E-state index contributed by atoms with van der Waals surface area (Å²) in [5, 5.41) is 3.68. The van der Waals surface area contributed by atoms with Crippen molar-refractivity contribution in [3.05, 3.63) is 12.7 Å². The van der Waals surface area contributed by atoms with Gasteiger partial charge in [0.15, 0.2) is 11.5 Å². The number of hydrogen-bond acceptors (Lipinski definition) is 5. The van der Waals surface area contributed by atoms with Gasteiger partial charge in [-0.15, -0.1) is 0 Å².